The number of para-hydroxylation sites is 1. The minimum Gasteiger partial charge on any atom is -0.434 e. The monoisotopic (exact) mass is 299 g/mol. The van der Waals surface area contributed by atoms with Crippen LogP contribution in [0.3, 0.4) is 0 Å². The minimum atomic E-state index is -2.80. The number of hydrogen-bond acceptors (Lipinski definition) is 3. The molecule has 0 bridgehead atoms. The summed E-state index contributed by atoms with van der Waals surface area (Å²) in [5.74, 6) is 0.242. The number of benzene rings is 1. The Morgan fingerprint density at radius 1 is 1.24 bits per heavy atom. The summed E-state index contributed by atoms with van der Waals surface area (Å²) in [6.45, 7) is -0.824. The molecule has 3 atom stereocenters. The van der Waals surface area contributed by atoms with Gasteiger partial charge in [-0.25, -0.2) is 0 Å². The molecule has 1 aliphatic carbocycles. The molecular weight excluding hydrogens is 276 g/mol. The van der Waals surface area contributed by atoms with E-state index < -0.39 is 6.61 Å². The summed E-state index contributed by atoms with van der Waals surface area (Å²) in [6.07, 6.45) is 4.54. The van der Waals surface area contributed by atoms with Crippen LogP contribution in [0.4, 0.5) is 8.78 Å². The Kier molecular flexibility index (Phi) is 5.94. The molecule has 1 aromatic rings. The second kappa shape index (κ2) is 7.71. The van der Waals surface area contributed by atoms with Crippen LogP contribution in [-0.2, 0) is 4.74 Å². The predicted molar refractivity (Wildman–Crippen MR) is 77.7 cm³/mol. The second-order valence-electron chi connectivity index (χ2n) is 5.53. The Morgan fingerprint density at radius 3 is 2.71 bits per heavy atom. The average Bonchev–Trinajstić information content (AvgIpc) is 2.47. The van der Waals surface area contributed by atoms with E-state index in [1.54, 1.807) is 19.2 Å². The van der Waals surface area contributed by atoms with Crippen molar-refractivity contribution in [2.75, 3.05) is 7.11 Å². The summed E-state index contributed by atoms with van der Waals surface area (Å²) in [4.78, 5) is 0. The molecule has 0 amide bonds. The predicted octanol–water partition coefficient (Wildman–Crippen LogP) is 3.90. The highest BCUT2D eigenvalue weighted by molar-refractivity contribution is 5.35. The maximum Gasteiger partial charge on any atom is 0.387 e. The van der Waals surface area contributed by atoms with Crippen LogP contribution < -0.4 is 10.1 Å². The van der Waals surface area contributed by atoms with Gasteiger partial charge in [0.05, 0.1) is 6.10 Å². The third kappa shape index (κ3) is 4.64. The highest BCUT2D eigenvalue weighted by atomic mass is 19.3. The third-order valence-corrected chi connectivity index (χ3v) is 4.05. The van der Waals surface area contributed by atoms with E-state index >= 15 is 0 Å². The molecule has 0 radical (unpaired) electrons. The SMILES string of the molecule is COC1CCCC(NC(C)c2ccccc2OC(F)F)C1. The molecule has 0 aromatic heterocycles. The molecule has 1 N–H and O–H groups in total. The van der Waals surface area contributed by atoms with Crippen molar-refractivity contribution in [1.29, 1.82) is 0 Å². The van der Waals surface area contributed by atoms with Gasteiger partial charge in [0.2, 0.25) is 0 Å². The zero-order valence-electron chi connectivity index (χ0n) is 12.5. The maximum absolute atomic E-state index is 12.5. The van der Waals surface area contributed by atoms with Gasteiger partial charge in [0.25, 0.3) is 0 Å². The quantitative estimate of drug-likeness (QED) is 0.864. The van der Waals surface area contributed by atoms with E-state index in [4.69, 9.17) is 4.74 Å². The molecule has 3 unspecified atom stereocenters. The zero-order chi connectivity index (χ0) is 15.2. The fourth-order valence-corrected chi connectivity index (χ4v) is 3.00. The van der Waals surface area contributed by atoms with Crippen LogP contribution in [0.25, 0.3) is 0 Å². The van der Waals surface area contributed by atoms with Gasteiger partial charge in [0, 0.05) is 24.8 Å². The zero-order valence-corrected chi connectivity index (χ0v) is 12.5. The molecule has 2 rings (SSSR count). The van der Waals surface area contributed by atoms with Gasteiger partial charge in [-0.15, -0.1) is 0 Å². The minimum absolute atomic E-state index is 0.0412. The fourth-order valence-electron chi connectivity index (χ4n) is 3.00. The van der Waals surface area contributed by atoms with Gasteiger partial charge in [0.15, 0.2) is 0 Å². The van der Waals surface area contributed by atoms with E-state index in [9.17, 15) is 8.78 Å². The van der Waals surface area contributed by atoms with Crippen molar-refractivity contribution in [1.82, 2.24) is 5.32 Å². The summed E-state index contributed by atoms with van der Waals surface area (Å²) in [7, 11) is 1.74. The molecule has 0 spiro atoms. The van der Waals surface area contributed by atoms with Crippen molar-refractivity contribution in [3.8, 4) is 5.75 Å². The first-order valence-corrected chi connectivity index (χ1v) is 7.42. The van der Waals surface area contributed by atoms with Crippen LogP contribution >= 0.6 is 0 Å². The number of ether oxygens (including phenoxy) is 2. The first-order chi connectivity index (χ1) is 10.1. The van der Waals surface area contributed by atoms with E-state index in [0.29, 0.717) is 6.04 Å². The van der Waals surface area contributed by atoms with Gasteiger partial charge in [-0.2, -0.15) is 8.78 Å². The first-order valence-electron chi connectivity index (χ1n) is 7.42. The molecule has 1 saturated carbocycles. The van der Waals surface area contributed by atoms with Crippen LogP contribution in [0.5, 0.6) is 5.75 Å². The Bertz CT molecular complexity index is 442. The Balaban J connectivity index is 2.01. The van der Waals surface area contributed by atoms with Crippen molar-refractivity contribution >= 4 is 0 Å². The molecule has 5 heteroatoms. The fraction of sp³-hybridized carbons (Fsp3) is 0.625. The molecule has 1 fully saturated rings. The van der Waals surface area contributed by atoms with E-state index in [2.05, 4.69) is 10.1 Å². The van der Waals surface area contributed by atoms with Crippen LogP contribution in [0.2, 0.25) is 0 Å². The van der Waals surface area contributed by atoms with Crippen molar-refractivity contribution in [3.05, 3.63) is 29.8 Å². The molecule has 21 heavy (non-hydrogen) atoms. The summed E-state index contributed by atoms with van der Waals surface area (Å²) in [5.41, 5.74) is 0.761. The van der Waals surface area contributed by atoms with E-state index in [1.807, 2.05) is 19.1 Å². The second-order valence-corrected chi connectivity index (χ2v) is 5.53. The number of nitrogens with one attached hydrogen (secondary N) is 1. The van der Waals surface area contributed by atoms with E-state index in [1.165, 1.54) is 0 Å². The number of alkyl halides is 2. The highest BCUT2D eigenvalue weighted by Crippen LogP contribution is 2.29. The highest BCUT2D eigenvalue weighted by Gasteiger charge is 2.24. The first kappa shape index (κ1) is 16.2. The van der Waals surface area contributed by atoms with Crippen LogP contribution in [0.1, 0.15) is 44.2 Å². The Morgan fingerprint density at radius 2 is 2.00 bits per heavy atom. The molecule has 0 aliphatic heterocycles. The third-order valence-electron chi connectivity index (χ3n) is 4.05. The molecular formula is C16H23F2NO2. The molecule has 3 nitrogen and oxygen atoms in total. The van der Waals surface area contributed by atoms with Crippen LogP contribution in [0.15, 0.2) is 24.3 Å². The molecule has 118 valence electrons. The standard InChI is InChI=1S/C16H23F2NO2/c1-11(19-12-6-5-7-13(10-12)20-2)14-8-3-4-9-15(14)21-16(17)18/h3-4,8-9,11-13,16,19H,5-7,10H2,1-2H3. The van der Waals surface area contributed by atoms with E-state index in [0.717, 1.165) is 31.2 Å². The average molecular weight is 299 g/mol. The lowest BCUT2D eigenvalue weighted by molar-refractivity contribution is -0.0507. The number of rotatable bonds is 6. The topological polar surface area (TPSA) is 30.5 Å². The summed E-state index contributed by atoms with van der Waals surface area (Å²) >= 11 is 0. The summed E-state index contributed by atoms with van der Waals surface area (Å²) in [6, 6.07) is 7.25. The number of hydrogen-bond donors (Lipinski definition) is 1. The largest absolute Gasteiger partial charge is 0.434 e. The Hall–Kier alpha value is -1.20. The van der Waals surface area contributed by atoms with Crippen molar-refractivity contribution in [2.45, 2.75) is 57.4 Å². The van der Waals surface area contributed by atoms with Gasteiger partial charge in [0.1, 0.15) is 5.75 Å². The molecule has 0 saturated heterocycles. The summed E-state index contributed by atoms with van der Waals surface area (Å²) in [5, 5.41) is 3.51. The van der Waals surface area contributed by atoms with Gasteiger partial charge in [-0.05, 0) is 38.7 Å². The van der Waals surface area contributed by atoms with E-state index in [-0.39, 0.29) is 17.9 Å². The normalized spacial score (nSPS) is 24.0. The molecule has 0 heterocycles. The van der Waals surface area contributed by atoms with Crippen LogP contribution in [-0.4, -0.2) is 25.9 Å². The van der Waals surface area contributed by atoms with Crippen molar-refractivity contribution < 1.29 is 18.3 Å². The summed E-state index contributed by atoms with van der Waals surface area (Å²) < 4.78 is 34.9. The lowest BCUT2D eigenvalue weighted by atomic mass is 9.91. The maximum atomic E-state index is 12.5. The lowest BCUT2D eigenvalue weighted by Crippen LogP contribution is -2.38. The molecule has 1 aromatic carbocycles. The van der Waals surface area contributed by atoms with Gasteiger partial charge in [-0.3, -0.25) is 0 Å². The van der Waals surface area contributed by atoms with Gasteiger partial charge >= 0.3 is 6.61 Å². The number of methoxy groups -OCH3 is 1. The smallest absolute Gasteiger partial charge is 0.387 e. The number of halogens is 2. The molecule has 1 aliphatic rings. The van der Waals surface area contributed by atoms with Gasteiger partial charge in [-0.1, -0.05) is 18.2 Å². The Labute approximate surface area is 124 Å². The lowest BCUT2D eigenvalue weighted by Gasteiger charge is -2.31. The van der Waals surface area contributed by atoms with Crippen LogP contribution in [0, 0.1) is 0 Å². The van der Waals surface area contributed by atoms with Crippen molar-refractivity contribution in [2.24, 2.45) is 0 Å². The van der Waals surface area contributed by atoms with Gasteiger partial charge < -0.3 is 14.8 Å². The van der Waals surface area contributed by atoms with Crippen molar-refractivity contribution in [3.63, 3.8) is 0 Å².